The SMILES string of the molecule is O=C(O)C(F)(F)F.c1ccc(-c2cnc(CNCC3CCCc4nccn43)[nH]2)cc1. The lowest BCUT2D eigenvalue weighted by Gasteiger charge is -2.25. The fraction of sp³-hybridized carbons (Fsp3) is 0.350. The molecule has 0 aliphatic carbocycles. The number of imidazole rings is 2. The first-order valence-corrected chi connectivity index (χ1v) is 9.46. The van der Waals surface area contributed by atoms with Crippen molar-refractivity contribution in [2.24, 2.45) is 0 Å². The number of halogens is 3. The average molecular weight is 421 g/mol. The highest BCUT2D eigenvalue weighted by molar-refractivity contribution is 5.73. The van der Waals surface area contributed by atoms with Gasteiger partial charge in [-0.05, 0) is 18.4 Å². The van der Waals surface area contributed by atoms with E-state index in [9.17, 15) is 13.2 Å². The fourth-order valence-corrected chi connectivity index (χ4v) is 3.28. The molecule has 0 saturated heterocycles. The third kappa shape index (κ3) is 5.69. The second kappa shape index (κ2) is 9.57. The summed E-state index contributed by atoms with van der Waals surface area (Å²) in [5.41, 5.74) is 2.23. The van der Waals surface area contributed by atoms with Crippen LogP contribution in [0.25, 0.3) is 11.3 Å². The molecule has 1 aromatic carbocycles. The smallest absolute Gasteiger partial charge is 0.475 e. The summed E-state index contributed by atoms with van der Waals surface area (Å²) in [4.78, 5) is 21.2. The maximum absolute atomic E-state index is 10.6. The van der Waals surface area contributed by atoms with Gasteiger partial charge in [0.1, 0.15) is 11.6 Å². The minimum atomic E-state index is -5.08. The summed E-state index contributed by atoms with van der Waals surface area (Å²) in [6, 6.07) is 10.8. The Bertz CT molecular complexity index is 953. The first kappa shape index (κ1) is 21.6. The lowest BCUT2D eigenvalue weighted by Crippen LogP contribution is -2.28. The monoisotopic (exact) mass is 421 g/mol. The predicted molar refractivity (Wildman–Crippen MR) is 104 cm³/mol. The van der Waals surface area contributed by atoms with E-state index in [0.29, 0.717) is 6.04 Å². The number of carboxylic acid groups (broad SMARTS) is 1. The van der Waals surface area contributed by atoms with E-state index in [4.69, 9.17) is 9.90 Å². The zero-order valence-electron chi connectivity index (χ0n) is 16.1. The zero-order valence-corrected chi connectivity index (χ0v) is 16.1. The number of rotatable bonds is 5. The summed E-state index contributed by atoms with van der Waals surface area (Å²) >= 11 is 0. The second-order valence-corrected chi connectivity index (χ2v) is 6.84. The topological polar surface area (TPSA) is 95.8 Å². The van der Waals surface area contributed by atoms with Crippen molar-refractivity contribution in [1.29, 1.82) is 0 Å². The van der Waals surface area contributed by atoms with Crippen LogP contribution in [-0.4, -0.2) is 43.3 Å². The normalized spacial score (nSPS) is 15.8. The molecule has 3 N–H and O–H groups in total. The molecule has 7 nitrogen and oxygen atoms in total. The zero-order chi connectivity index (χ0) is 21.6. The molecule has 30 heavy (non-hydrogen) atoms. The molecule has 1 aliphatic heterocycles. The standard InChI is InChI=1S/C18H21N5.C2HF3O2/c1-2-5-14(6-3-1)16-12-21-17(22-16)13-19-11-15-7-4-8-18-20-9-10-23(15)18;3-2(4,5)1(6)7/h1-3,5-6,9-10,12,15,19H,4,7-8,11,13H2,(H,21,22);(H,6,7). The van der Waals surface area contributed by atoms with Gasteiger partial charge in [0, 0.05) is 31.4 Å². The van der Waals surface area contributed by atoms with E-state index < -0.39 is 12.1 Å². The van der Waals surface area contributed by atoms with Crippen LogP contribution in [0.3, 0.4) is 0 Å². The maximum Gasteiger partial charge on any atom is 0.490 e. The van der Waals surface area contributed by atoms with Gasteiger partial charge in [0.2, 0.25) is 0 Å². The summed E-state index contributed by atoms with van der Waals surface area (Å²) in [7, 11) is 0. The highest BCUT2D eigenvalue weighted by atomic mass is 19.4. The molecule has 3 heterocycles. The van der Waals surface area contributed by atoms with E-state index in [1.807, 2.05) is 30.6 Å². The number of hydrogen-bond acceptors (Lipinski definition) is 4. The van der Waals surface area contributed by atoms with Crippen LogP contribution in [0.2, 0.25) is 0 Å². The molecule has 1 atom stereocenters. The quantitative estimate of drug-likeness (QED) is 0.585. The van der Waals surface area contributed by atoms with Crippen molar-refractivity contribution in [2.75, 3.05) is 6.54 Å². The predicted octanol–water partition coefficient (Wildman–Crippen LogP) is 3.57. The van der Waals surface area contributed by atoms with Gasteiger partial charge in [0.05, 0.1) is 18.4 Å². The average Bonchev–Trinajstić information content (AvgIpc) is 3.38. The number of fused-ring (bicyclic) bond motifs is 1. The first-order chi connectivity index (χ1) is 14.3. The van der Waals surface area contributed by atoms with E-state index in [0.717, 1.165) is 31.0 Å². The van der Waals surface area contributed by atoms with E-state index in [1.165, 1.54) is 24.2 Å². The molecule has 160 valence electrons. The molecule has 1 aliphatic rings. The van der Waals surface area contributed by atoms with Gasteiger partial charge >= 0.3 is 12.1 Å². The highest BCUT2D eigenvalue weighted by Gasteiger charge is 2.38. The Morgan fingerprint density at radius 3 is 2.70 bits per heavy atom. The molecule has 10 heteroatoms. The Morgan fingerprint density at radius 1 is 1.27 bits per heavy atom. The van der Waals surface area contributed by atoms with Crippen LogP contribution >= 0.6 is 0 Å². The molecular formula is C20H22F3N5O2. The third-order valence-corrected chi connectivity index (χ3v) is 4.71. The molecule has 0 bridgehead atoms. The third-order valence-electron chi connectivity index (χ3n) is 4.71. The van der Waals surface area contributed by atoms with Crippen LogP contribution in [-0.2, 0) is 17.8 Å². The molecule has 0 fully saturated rings. The highest BCUT2D eigenvalue weighted by Crippen LogP contribution is 2.23. The summed E-state index contributed by atoms with van der Waals surface area (Å²) in [6.07, 6.45) is 4.36. The number of benzene rings is 1. The minimum Gasteiger partial charge on any atom is -0.475 e. The number of hydrogen-bond donors (Lipinski definition) is 3. The molecule has 2 aromatic heterocycles. The second-order valence-electron chi connectivity index (χ2n) is 6.84. The van der Waals surface area contributed by atoms with Crippen LogP contribution in [0, 0.1) is 0 Å². The van der Waals surface area contributed by atoms with E-state index >= 15 is 0 Å². The van der Waals surface area contributed by atoms with Crippen LogP contribution in [0.1, 0.15) is 30.5 Å². The number of aromatic amines is 1. The summed E-state index contributed by atoms with van der Waals surface area (Å²) in [5, 5.41) is 10.6. The van der Waals surface area contributed by atoms with Crippen molar-refractivity contribution in [3.8, 4) is 11.3 Å². The molecule has 0 spiro atoms. The summed E-state index contributed by atoms with van der Waals surface area (Å²) < 4.78 is 34.0. The molecule has 4 rings (SSSR count). The van der Waals surface area contributed by atoms with Gasteiger partial charge in [0.15, 0.2) is 0 Å². The van der Waals surface area contributed by atoms with Crippen molar-refractivity contribution in [3.63, 3.8) is 0 Å². The summed E-state index contributed by atoms with van der Waals surface area (Å²) in [6.45, 7) is 1.71. The first-order valence-electron chi connectivity index (χ1n) is 9.46. The van der Waals surface area contributed by atoms with Gasteiger partial charge in [-0.3, -0.25) is 0 Å². The van der Waals surface area contributed by atoms with Gasteiger partial charge < -0.3 is 20.0 Å². The van der Waals surface area contributed by atoms with Crippen molar-refractivity contribution in [2.45, 2.75) is 38.0 Å². The summed E-state index contributed by atoms with van der Waals surface area (Å²) in [5.74, 6) is -0.564. The van der Waals surface area contributed by atoms with E-state index in [1.54, 1.807) is 0 Å². The number of aliphatic carboxylic acids is 1. The number of nitrogens with one attached hydrogen (secondary N) is 2. The number of alkyl halides is 3. The number of aromatic nitrogens is 4. The number of nitrogens with zero attached hydrogens (tertiary/aromatic N) is 3. The Morgan fingerprint density at radius 2 is 2.00 bits per heavy atom. The number of carboxylic acids is 1. The number of carbonyl (C=O) groups is 1. The number of aryl methyl sites for hydroxylation is 1. The van der Waals surface area contributed by atoms with Gasteiger partial charge in [0.25, 0.3) is 0 Å². The largest absolute Gasteiger partial charge is 0.490 e. The van der Waals surface area contributed by atoms with Gasteiger partial charge in [-0.1, -0.05) is 30.3 Å². The van der Waals surface area contributed by atoms with Crippen molar-refractivity contribution >= 4 is 5.97 Å². The molecule has 1 unspecified atom stereocenters. The molecule has 0 saturated carbocycles. The van der Waals surface area contributed by atoms with Crippen molar-refractivity contribution in [3.05, 3.63) is 60.6 Å². The van der Waals surface area contributed by atoms with Crippen molar-refractivity contribution in [1.82, 2.24) is 24.8 Å². The van der Waals surface area contributed by atoms with Crippen LogP contribution in [0.15, 0.2) is 48.9 Å². The Hall–Kier alpha value is -3.14. The van der Waals surface area contributed by atoms with E-state index in [-0.39, 0.29) is 0 Å². The Labute approximate surface area is 171 Å². The number of H-pyrrole nitrogens is 1. The Balaban J connectivity index is 0.000000318. The van der Waals surface area contributed by atoms with E-state index in [2.05, 4.69) is 43.2 Å². The minimum absolute atomic E-state index is 0.504. The Kier molecular flexibility index (Phi) is 6.88. The molecule has 3 aromatic rings. The lowest BCUT2D eigenvalue weighted by atomic mass is 10.0. The maximum atomic E-state index is 10.6. The van der Waals surface area contributed by atoms with Gasteiger partial charge in [-0.2, -0.15) is 13.2 Å². The van der Waals surface area contributed by atoms with Gasteiger partial charge in [-0.25, -0.2) is 14.8 Å². The molecular weight excluding hydrogens is 399 g/mol. The van der Waals surface area contributed by atoms with Crippen LogP contribution in [0.5, 0.6) is 0 Å². The molecule has 0 amide bonds. The lowest BCUT2D eigenvalue weighted by molar-refractivity contribution is -0.192. The van der Waals surface area contributed by atoms with Crippen LogP contribution < -0.4 is 5.32 Å². The molecule has 0 radical (unpaired) electrons. The van der Waals surface area contributed by atoms with Gasteiger partial charge in [-0.15, -0.1) is 0 Å². The van der Waals surface area contributed by atoms with Crippen molar-refractivity contribution < 1.29 is 23.1 Å². The fourth-order valence-electron chi connectivity index (χ4n) is 3.28. The van der Waals surface area contributed by atoms with Crippen LogP contribution in [0.4, 0.5) is 13.2 Å².